The van der Waals surface area contributed by atoms with Crippen molar-refractivity contribution in [1.29, 1.82) is 0 Å². The number of carbonyl (C=O) groups excluding carboxylic acids is 2. The number of benzene rings is 2. The lowest BCUT2D eigenvalue weighted by atomic mass is 10.1. The van der Waals surface area contributed by atoms with Gasteiger partial charge in [-0.15, -0.1) is 0 Å². The SMILES string of the molecule is O=C1Cc2cnc(Nc3ccc(C(=O)Nc4cccnc4)cc3)nc2-c2ccc(Cl)cc2N1. The molecule has 0 unspecified atom stereocenters. The smallest absolute Gasteiger partial charge is 0.255 e. The summed E-state index contributed by atoms with van der Waals surface area (Å²) in [5.41, 5.74) is 4.60. The molecule has 0 fully saturated rings. The maximum atomic E-state index is 12.4. The molecule has 0 bridgehead atoms. The topological polar surface area (TPSA) is 109 Å². The summed E-state index contributed by atoms with van der Waals surface area (Å²) >= 11 is 6.10. The predicted molar refractivity (Wildman–Crippen MR) is 127 cm³/mol. The normalized spacial score (nSPS) is 12.1. The molecule has 0 atom stereocenters. The van der Waals surface area contributed by atoms with Gasteiger partial charge in [-0.05, 0) is 54.6 Å². The van der Waals surface area contributed by atoms with Crippen LogP contribution in [0.4, 0.5) is 23.0 Å². The van der Waals surface area contributed by atoms with Gasteiger partial charge < -0.3 is 16.0 Å². The lowest BCUT2D eigenvalue weighted by Crippen LogP contribution is -2.12. The van der Waals surface area contributed by atoms with E-state index in [1.165, 1.54) is 0 Å². The molecule has 0 radical (unpaired) electrons. The van der Waals surface area contributed by atoms with Gasteiger partial charge in [0.25, 0.3) is 5.91 Å². The first kappa shape index (κ1) is 20.6. The van der Waals surface area contributed by atoms with Crippen LogP contribution in [-0.4, -0.2) is 26.8 Å². The fourth-order valence-electron chi connectivity index (χ4n) is 3.50. The number of rotatable bonds is 4. The first-order valence-corrected chi connectivity index (χ1v) is 10.5. The minimum atomic E-state index is -0.233. The summed E-state index contributed by atoms with van der Waals surface area (Å²) < 4.78 is 0. The molecular weight excluding hydrogens is 440 g/mol. The van der Waals surface area contributed by atoms with Crippen LogP contribution >= 0.6 is 11.6 Å². The van der Waals surface area contributed by atoms with E-state index in [1.54, 1.807) is 67.1 Å². The Morgan fingerprint density at radius 2 is 1.88 bits per heavy atom. The number of nitrogens with one attached hydrogen (secondary N) is 3. The standard InChI is InChI=1S/C24H17ClN6O2/c25-16-5-8-19-20(11-16)30-21(32)10-15-12-27-24(31-22(15)19)29-17-6-3-14(4-7-17)23(33)28-18-2-1-9-26-13-18/h1-9,11-13H,10H2,(H,28,33)(H,30,32)(H,27,29,31). The van der Waals surface area contributed by atoms with Crippen molar-refractivity contribution >= 4 is 46.4 Å². The van der Waals surface area contributed by atoms with Crippen LogP contribution in [0.5, 0.6) is 0 Å². The Bertz CT molecular complexity index is 1360. The molecule has 0 saturated carbocycles. The van der Waals surface area contributed by atoms with E-state index in [0.29, 0.717) is 39.3 Å². The number of halogens is 1. The summed E-state index contributed by atoms with van der Waals surface area (Å²) in [6, 6.07) is 15.8. The quantitative estimate of drug-likeness (QED) is 0.411. The highest BCUT2D eigenvalue weighted by Crippen LogP contribution is 2.34. The highest BCUT2D eigenvalue weighted by Gasteiger charge is 2.21. The van der Waals surface area contributed by atoms with E-state index in [1.807, 2.05) is 6.07 Å². The minimum absolute atomic E-state index is 0.151. The Balaban J connectivity index is 1.37. The second kappa shape index (κ2) is 8.68. The molecule has 2 aromatic heterocycles. The second-order valence-corrected chi connectivity index (χ2v) is 7.82. The zero-order chi connectivity index (χ0) is 22.8. The lowest BCUT2D eigenvalue weighted by molar-refractivity contribution is -0.115. The Morgan fingerprint density at radius 1 is 1.03 bits per heavy atom. The van der Waals surface area contributed by atoms with Crippen LogP contribution in [-0.2, 0) is 11.2 Å². The maximum Gasteiger partial charge on any atom is 0.255 e. The number of anilines is 4. The van der Waals surface area contributed by atoms with Crippen LogP contribution in [0, 0.1) is 0 Å². The number of pyridine rings is 1. The summed E-state index contributed by atoms with van der Waals surface area (Å²) in [6.07, 6.45) is 5.04. The van der Waals surface area contributed by atoms with E-state index in [2.05, 4.69) is 30.9 Å². The number of nitrogens with zero attached hydrogens (tertiary/aromatic N) is 3. The highest BCUT2D eigenvalue weighted by molar-refractivity contribution is 6.31. The first-order chi connectivity index (χ1) is 16.0. The number of hydrogen-bond acceptors (Lipinski definition) is 6. The molecule has 1 aliphatic rings. The molecule has 0 aliphatic carbocycles. The number of amides is 2. The molecule has 2 amide bonds. The van der Waals surface area contributed by atoms with E-state index >= 15 is 0 Å². The monoisotopic (exact) mass is 456 g/mol. The van der Waals surface area contributed by atoms with Gasteiger partial charge in [0.1, 0.15) is 0 Å². The van der Waals surface area contributed by atoms with Crippen molar-refractivity contribution in [3.63, 3.8) is 0 Å². The molecule has 1 aliphatic heterocycles. The van der Waals surface area contributed by atoms with E-state index < -0.39 is 0 Å². The molecular formula is C24H17ClN6O2. The molecule has 8 nitrogen and oxygen atoms in total. The summed E-state index contributed by atoms with van der Waals surface area (Å²) in [7, 11) is 0. The molecule has 2 aromatic carbocycles. The van der Waals surface area contributed by atoms with Crippen molar-refractivity contribution in [2.75, 3.05) is 16.0 Å². The Labute approximate surface area is 194 Å². The van der Waals surface area contributed by atoms with Crippen molar-refractivity contribution in [1.82, 2.24) is 15.0 Å². The fraction of sp³-hybridized carbons (Fsp3) is 0.0417. The van der Waals surface area contributed by atoms with Gasteiger partial charge in [0.15, 0.2) is 0 Å². The van der Waals surface area contributed by atoms with Gasteiger partial charge in [0.2, 0.25) is 11.9 Å². The zero-order valence-corrected chi connectivity index (χ0v) is 17.9. The van der Waals surface area contributed by atoms with Crippen LogP contribution in [0.2, 0.25) is 5.02 Å². The van der Waals surface area contributed by atoms with Gasteiger partial charge >= 0.3 is 0 Å². The molecule has 5 rings (SSSR count). The van der Waals surface area contributed by atoms with Crippen molar-refractivity contribution in [2.24, 2.45) is 0 Å². The van der Waals surface area contributed by atoms with Gasteiger partial charge in [-0.3, -0.25) is 14.6 Å². The third kappa shape index (κ3) is 4.51. The fourth-order valence-corrected chi connectivity index (χ4v) is 3.67. The van der Waals surface area contributed by atoms with Crippen LogP contribution in [0.25, 0.3) is 11.3 Å². The van der Waals surface area contributed by atoms with Crippen LogP contribution in [0.1, 0.15) is 15.9 Å². The first-order valence-electron chi connectivity index (χ1n) is 10.1. The molecule has 3 N–H and O–H groups in total. The molecule has 3 heterocycles. The molecule has 9 heteroatoms. The van der Waals surface area contributed by atoms with Crippen LogP contribution in [0.15, 0.2) is 73.2 Å². The maximum absolute atomic E-state index is 12.4. The number of carbonyl (C=O) groups is 2. The number of fused-ring (bicyclic) bond motifs is 3. The average Bonchev–Trinajstić information content (AvgIpc) is 2.94. The van der Waals surface area contributed by atoms with E-state index in [-0.39, 0.29) is 18.2 Å². The van der Waals surface area contributed by atoms with E-state index in [4.69, 9.17) is 11.6 Å². The van der Waals surface area contributed by atoms with Gasteiger partial charge in [-0.25, -0.2) is 9.97 Å². The number of aromatic nitrogens is 3. The molecule has 0 spiro atoms. The third-order valence-corrected chi connectivity index (χ3v) is 5.28. The second-order valence-electron chi connectivity index (χ2n) is 7.38. The molecule has 4 aromatic rings. The molecule has 162 valence electrons. The largest absolute Gasteiger partial charge is 0.325 e. The Morgan fingerprint density at radius 3 is 2.67 bits per heavy atom. The zero-order valence-electron chi connectivity index (χ0n) is 17.2. The van der Waals surface area contributed by atoms with Gasteiger partial charge in [0, 0.05) is 39.8 Å². The highest BCUT2D eigenvalue weighted by atomic mass is 35.5. The third-order valence-electron chi connectivity index (χ3n) is 5.05. The summed E-state index contributed by atoms with van der Waals surface area (Å²) in [6.45, 7) is 0. The van der Waals surface area contributed by atoms with E-state index in [9.17, 15) is 9.59 Å². The molecule has 33 heavy (non-hydrogen) atoms. The summed E-state index contributed by atoms with van der Waals surface area (Å²) in [5.74, 6) is -0.0125. The van der Waals surface area contributed by atoms with Crippen LogP contribution in [0.3, 0.4) is 0 Å². The Hall–Kier alpha value is -4.30. The predicted octanol–water partition coefficient (Wildman–Crippen LogP) is 4.68. The average molecular weight is 457 g/mol. The van der Waals surface area contributed by atoms with Gasteiger partial charge in [0.05, 0.1) is 29.7 Å². The van der Waals surface area contributed by atoms with Crippen molar-refractivity contribution < 1.29 is 9.59 Å². The van der Waals surface area contributed by atoms with Gasteiger partial charge in [-0.1, -0.05) is 11.6 Å². The van der Waals surface area contributed by atoms with Gasteiger partial charge in [-0.2, -0.15) is 0 Å². The minimum Gasteiger partial charge on any atom is -0.325 e. The lowest BCUT2D eigenvalue weighted by Gasteiger charge is -2.11. The van der Waals surface area contributed by atoms with Crippen molar-refractivity contribution in [2.45, 2.75) is 6.42 Å². The summed E-state index contributed by atoms with van der Waals surface area (Å²) in [4.78, 5) is 37.6. The van der Waals surface area contributed by atoms with Crippen molar-refractivity contribution in [3.8, 4) is 11.3 Å². The van der Waals surface area contributed by atoms with E-state index in [0.717, 1.165) is 11.1 Å². The Kier molecular flexibility index (Phi) is 5.42. The van der Waals surface area contributed by atoms with Crippen LogP contribution < -0.4 is 16.0 Å². The summed E-state index contributed by atoms with van der Waals surface area (Å²) in [5, 5.41) is 9.33. The van der Waals surface area contributed by atoms with Crippen molar-refractivity contribution in [3.05, 3.63) is 89.3 Å². The molecule has 0 saturated heterocycles. The number of hydrogen-bond donors (Lipinski definition) is 3.